The lowest BCUT2D eigenvalue weighted by atomic mass is 9.80. The lowest BCUT2D eigenvalue weighted by Gasteiger charge is -2.26. The quantitative estimate of drug-likeness (QED) is 0.861. The maximum absolute atomic E-state index is 6.31. The van der Waals surface area contributed by atoms with Gasteiger partial charge < -0.3 is 5.73 Å². The molecule has 0 amide bonds. The van der Waals surface area contributed by atoms with E-state index in [0.29, 0.717) is 0 Å². The van der Waals surface area contributed by atoms with Crippen LogP contribution in [0.25, 0.3) is 0 Å². The standard InChI is InChI=1S/C15H16BrNS/c16-13-8-9-18-15(13)14(17)12-6-4-11(5-7-12)10-2-1-3-10/h4-10,14H,1-3,17H2. The number of halogens is 1. The van der Waals surface area contributed by atoms with Gasteiger partial charge in [0.25, 0.3) is 0 Å². The van der Waals surface area contributed by atoms with E-state index >= 15 is 0 Å². The monoisotopic (exact) mass is 321 g/mol. The second kappa shape index (κ2) is 5.16. The highest BCUT2D eigenvalue weighted by Crippen LogP contribution is 2.37. The third-order valence-corrected chi connectivity index (χ3v) is 5.75. The zero-order chi connectivity index (χ0) is 12.5. The Bertz CT molecular complexity index is 528. The molecule has 2 N–H and O–H groups in total. The molecule has 1 unspecified atom stereocenters. The van der Waals surface area contributed by atoms with Crippen LogP contribution in [0.4, 0.5) is 0 Å². The van der Waals surface area contributed by atoms with Crippen molar-refractivity contribution in [3.05, 3.63) is 56.2 Å². The van der Waals surface area contributed by atoms with Crippen molar-refractivity contribution in [2.45, 2.75) is 31.2 Å². The summed E-state index contributed by atoms with van der Waals surface area (Å²) in [6.45, 7) is 0. The van der Waals surface area contributed by atoms with E-state index in [4.69, 9.17) is 5.73 Å². The van der Waals surface area contributed by atoms with Crippen LogP contribution in [0.5, 0.6) is 0 Å². The largest absolute Gasteiger partial charge is 0.320 e. The predicted octanol–water partition coefficient (Wildman–Crippen LogP) is 4.83. The van der Waals surface area contributed by atoms with Gasteiger partial charge in [-0.3, -0.25) is 0 Å². The minimum absolute atomic E-state index is 0.0187. The minimum Gasteiger partial charge on any atom is -0.320 e. The molecule has 1 atom stereocenters. The fourth-order valence-corrected chi connectivity index (χ4v) is 4.04. The first kappa shape index (κ1) is 12.4. The van der Waals surface area contributed by atoms with E-state index in [-0.39, 0.29) is 6.04 Å². The lowest BCUT2D eigenvalue weighted by Crippen LogP contribution is -2.12. The Balaban J connectivity index is 1.82. The molecule has 0 radical (unpaired) electrons. The Morgan fingerprint density at radius 3 is 2.39 bits per heavy atom. The molecule has 1 fully saturated rings. The van der Waals surface area contributed by atoms with Crippen molar-refractivity contribution in [2.24, 2.45) is 5.73 Å². The van der Waals surface area contributed by atoms with Gasteiger partial charge in [0.1, 0.15) is 0 Å². The highest BCUT2D eigenvalue weighted by Gasteiger charge is 2.20. The molecule has 1 aromatic heterocycles. The molecule has 1 saturated carbocycles. The Morgan fingerprint density at radius 1 is 1.17 bits per heavy atom. The molecule has 2 aromatic rings. The van der Waals surface area contributed by atoms with Gasteiger partial charge in [-0.2, -0.15) is 0 Å². The molecule has 1 heterocycles. The van der Waals surface area contributed by atoms with Crippen molar-refractivity contribution in [2.75, 3.05) is 0 Å². The second-order valence-corrected chi connectivity index (χ2v) is 6.71. The first-order chi connectivity index (χ1) is 8.75. The van der Waals surface area contributed by atoms with E-state index in [0.717, 1.165) is 10.4 Å². The fraction of sp³-hybridized carbons (Fsp3) is 0.333. The van der Waals surface area contributed by atoms with Crippen LogP contribution in [0.2, 0.25) is 0 Å². The molecular weight excluding hydrogens is 306 g/mol. The zero-order valence-electron chi connectivity index (χ0n) is 10.1. The Morgan fingerprint density at radius 2 is 1.89 bits per heavy atom. The second-order valence-electron chi connectivity index (χ2n) is 4.90. The van der Waals surface area contributed by atoms with E-state index < -0.39 is 0 Å². The summed E-state index contributed by atoms with van der Waals surface area (Å²) in [6, 6.07) is 10.9. The van der Waals surface area contributed by atoms with Crippen LogP contribution in [-0.4, -0.2) is 0 Å². The van der Waals surface area contributed by atoms with Gasteiger partial charge in [-0.05, 0) is 57.3 Å². The number of nitrogens with two attached hydrogens (primary N) is 1. The van der Waals surface area contributed by atoms with Crippen LogP contribution in [0.3, 0.4) is 0 Å². The molecule has 3 heteroatoms. The van der Waals surface area contributed by atoms with Crippen molar-refractivity contribution in [1.82, 2.24) is 0 Å². The SMILES string of the molecule is NC(c1ccc(C2CCC2)cc1)c1sccc1Br. The van der Waals surface area contributed by atoms with Crippen molar-refractivity contribution < 1.29 is 0 Å². The van der Waals surface area contributed by atoms with Crippen molar-refractivity contribution >= 4 is 27.3 Å². The number of hydrogen-bond donors (Lipinski definition) is 1. The molecular formula is C15H16BrNS. The van der Waals surface area contributed by atoms with E-state index in [9.17, 15) is 0 Å². The van der Waals surface area contributed by atoms with Crippen LogP contribution >= 0.6 is 27.3 Å². The average molecular weight is 322 g/mol. The van der Waals surface area contributed by atoms with E-state index in [1.807, 2.05) is 0 Å². The van der Waals surface area contributed by atoms with Crippen LogP contribution in [-0.2, 0) is 0 Å². The molecule has 0 bridgehead atoms. The van der Waals surface area contributed by atoms with E-state index in [1.165, 1.54) is 35.3 Å². The average Bonchev–Trinajstić information content (AvgIpc) is 2.73. The lowest BCUT2D eigenvalue weighted by molar-refractivity contribution is 0.419. The van der Waals surface area contributed by atoms with E-state index in [1.54, 1.807) is 11.3 Å². The molecule has 0 saturated heterocycles. The van der Waals surface area contributed by atoms with Crippen LogP contribution < -0.4 is 5.73 Å². The van der Waals surface area contributed by atoms with E-state index in [2.05, 4.69) is 51.6 Å². The number of rotatable bonds is 3. The predicted molar refractivity (Wildman–Crippen MR) is 81.1 cm³/mol. The number of thiophene rings is 1. The Labute approximate surface area is 120 Å². The first-order valence-electron chi connectivity index (χ1n) is 6.34. The summed E-state index contributed by atoms with van der Waals surface area (Å²) in [7, 11) is 0. The van der Waals surface area contributed by atoms with Crippen molar-refractivity contribution in [1.29, 1.82) is 0 Å². The summed E-state index contributed by atoms with van der Waals surface area (Å²) in [5.41, 5.74) is 8.98. The van der Waals surface area contributed by atoms with Gasteiger partial charge in [0.15, 0.2) is 0 Å². The normalized spacial score (nSPS) is 17.4. The topological polar surface area (TPSA) is 26.0 Å². The van der Waals surface area contributed by atoms with Crippen LogP contribution in [0.1, 0.15) is 47.2 Å². The molecule has 1 aliphatic rings. The van der Waals surface area contributed by atoms with Gasteiger partial charge in [-0.15, -0.1) is 11.3 Å². The first-order valence-corrected chi connectivity index (χ1v) is 8.01. The molecule has 1 nitrogen and oxygen atoms in total. The molecule has 1 aliphatic carbocycles. The maximum Gasteiger partial charge on any atom is 0.0657 e. The smallest absolute Gasteiger partial charge is 0.0657 e. The third-order valence-electron chi connectivity index (χ3n) is 3.80. The number of benzene rings is 1. The summed E-state index contributed by atoms with van der Waals surface area (Å²) in [5, 5.41) is 2.07. The maximum atomic E-state index is 6.31. The van der Waals surface area contributed by atoms with Crippen molar-refractivity contribution in [3.8, 4) is 0 Å². The van der Waals surface area contributed by atoms with Gasteiger partial charge in [0.05, 0.1) is 6.04 Å². The summed E-state index contributed by atoms with van der Waals surface area (Å²) in [5.74, 6) is 0.795. The minimum atomic E-state index is -0.0187. The van der Waals surface area contributed by atoms with Gasteiger partial charge >= 0.3 is 0 Å². The number of hydrogen-bond acceptors (Lipinski definition) is 2. The molecule has 0 spiro atoms. The summed E-state index contributed by atoms with van der Waals surface area (Å²) in [4.78, 5) is 1.20. The molecule has 94 valence electrons. The molecule has 3 rings (SSSR count). The Kier molecular flexibility index (Phi) is 3.55. The molecule has 1 aromatic carbocycles. The van der Waals surface area contributed by atoms with Gasteiger partial charge in [-0.1, -0.05) is 30.7 Å². The summed E-state index contributed by atoms with van der Waals surface area (Å²) >= 11 is 5.26. The Hall–Kier alpha value is -0.640. The van der Waals surface area contributed by atoms with Gasteiger partial charge in [-0.25, -0.2) is 0 Å². The van der Waals surface area contributed by atoms with Crippen molar-refractivity contribution in [3.63, 3.8) is 0 Å². The van der Waals surface area contributed by atoms with Crippen LogP contribution in [0, 0.1) is 0 Å². The fourth-order valence-electron chi connectivity index (χ4n) is 2.40. The van der Waals surface area contributed by atoms with Gasteiger partial charge in [0.2, 0.25) is 0 Å². The summed E-state index contributed by atoms with van der Waals surface area (Å²) in [6.07, 6.45) is 4.08. The summed E-state index contributed by atoms with van der Waals surface area (Å²) < 4.78 is 1.11. The van der Waals surface area contributed by atoms with Crippen LogP contribution in [0.15, 0.2) is 40.2 Å². The third kappa shape index (κ3) is 2.27. The highest BCUT2D eigenvalue weighted by molar-refractivity contribution is 9.10. The van der Waals surface area contributed by atoms with Gasteiger partial charge in [0, 0.05) is 9.35 Å². The zero-order valence-corrected chi connectivity index (χ0v) is 12.5. The molecule has 0 aliphatic heterocycles. The highest BCUT2D eigenvalue weighted by atomic mass is 79.9. The molecule has 18 heavy (non-hydrogen) atoms.